The van der Waals surface area contributed by atoms with Crippen molar-refractivity contribution in [2.24, 2.45) is 0 Å². The number of halogens is 2. The van der Waals surface area contributed by atoms with Crippen molar-refractivity contribution in [2.75, 3.05) is 27.2 Å². The molecule has 0 aromatic heterocycles. The van der Waals surface area contributed by atoms with Gasteiger partial charge in [-0.15, -0.1) is 0 Å². The Labute approximate surface area is 109 Å². The van der Waals surface area contributed by atoms with E-state index < -0.39 is 15.8 Å². The zero-order chi connectivity index (χ0) is 13.1. The van der Waals surface area contributed by atoms with Crippen molar-refractivity contribution in [2.45, 2.75) is 4.90 Å². The Morgan fingerprint density at radius 1 is 1.41 bits per heavy atom. The fraction of sp³-hybridized carbons (Fsp3) is 0.400. The fourth-order valence-electron chi connectivity index (χ4n) is 1.16. The zero-order valence-corrected chi connectivity index (χ0v) is 12.0. The van der Waals surface area contributed by atoms with E-state index in [1.807, 2.05) is 19.0 Å². The molecule has 0 aliphatic carbocycles. The van der Waals surface area contributed by atoms with E-state index in [0.29, 0.717) is 11.0 Å². The van der Waals surface area contributed by atoms with Crippen LogP contribution in [0.2, 0.25) is 0 Å². The Bertz CT molecular complexity index is 491. The molecular weight excluding hydrogens is 311 g/mol. The largest absolute Gasteiger partial charge is 0.308 e. The molecule has 0 amide bonds. The van der Waals surface area contributed by atoms with Crippen LogP contribution in [-0.4, -0.2) is 40.5 Å². The van der Waals surface area contributed by atoms with Gasteiger partial charge in [-0.2, -0.15) is 0 Å². The second-order valence-electron chi connectivity index (χ2n) is 3.78. The summed E-state index contributed by atoms with van der Waals surface area (Å²) in [7, 11) is 0.00671. The molecule has 17 heavy (non-hydrogen) atoms. The van der Waals surface area contributed by atoms with Gasteiger partial charge >= 0.3 is 0 Å². The fourth-order valence-corrected chi connectivity index (χ4v) is 3.16. The molecule has 1 aromatic carbocycles. The molecule has 0 unspecified atom stereocenters. The van der Waals surface area contributed by atoms with Gasteiger partial charge in [0.1, 0.15) is 5.82 Å². The molecule has 0 bridgehead atoms. The zero-order valence-electron chi connectivity index (χ0n) is 9.57. The third kappa shape index (κ3) is 4.34. The average Bonchev–Trinajstić information content (AvgIpc) is 2.20. The third-order valence-electron chi connectivity index (χ3n) is 2.03. The summed E-state index contributed by atoms with van der Waals surface area (Å²) >= 11 is 3.09. The predicted octanol–water partition coefficient (Wildman–Crippen LogP) is 1.43. The maximum atomic E-state index is 13.0. The second-order valence-corrected chi connectivity index (χ2v) is 6.37. The standard InChI is InChI=1S/C10H14BrFN2O2S/c1-14(2)6-5-13-17(15,16)10-7-8(12)3-4-9(10)11/h3-4,7,13H,5-6H2,1-2H3. The SMILES string of the molecule is CN(C)CCNS(=O)(=O)c1cc(F)ccc1Br. The Balaban J connectivity index is 2.86. The molecule has 0 saturated heterocycles. The van der Waals surface area contributed by atoms with E-state index in [1.54, 1.807) is 0 Å². The summed E-state index contributed by atoms with van der Waals surface area (Å²) in [6.45, 7) is 0.852. The average molecular weight is 325 g/mol. The van der Waals surface area contributed by atoms with E-state index in [4.69, 9.17) is 0 Å². The molecule has 1 rings (SSSR count). The van der Waals surface area contributed by atoms with E-state index in [-0.39, 0.29) is 11.4 Å². The summed E-state index contributed by atoms with van der Waals surface area (Å²) in [4.78, 5) is 1.76. The topological polar surface area (TPSA) is 49.4 Å². The van der Waals surface area contributed by atoms with E-state index in [9.17, 15) is 12.8 Å². The van der Waals surface area contributed by atoms with E-state index in [2.05, 4.69) is 20.7 Å². The molecule has 0 heterocycles. The van der Waals surface area contributed by atoms with Crippen LogP contribution in [0.5, 0.6) is 0 Å². The highest BCUT2D eigenvalue weighted by atomic mass is 79.9. The van der Waals surface area contributed by atoms with Crippen LogP contribution in [0, 0.1) is 5.82 Å². The van der Waals surface area contributed by atoms with Gasteiger partial charge < -0.3 is 4.90 Å². The molecule has 0 spiro atoms. The number of rotatable bonds is 5. The molecule has 0 saturated carbocycles. The first-order chi connectivity index (χ1) is 7.83. The highest BCUT2D eigenvalue weighted by molar-refractivity contribution is 9.10. The summed E-state index contributed by atoms with van der Waals surface area (Å²) in [5.41, 5.74) is 0. The lowest BCUT2D eigenvalue weighted by Crippen LogP contribution is -2.31. The Morgan fingerprint density at radius 3 is 2.65 bits per heavy atom. The molecule has 96 valence electrons. The Hall–Kier alpha value is -0.500. The number of nitrogens with zero attached hydrogens (tertiary/aromatic N) is 1. The van der Waals surface area contributed by atoms with Crippen LogP contribution >= 0.6 is 15.9 Å². The van der Waals surface area contributed by atoms with Gasteiger partial charge in [0, 0.05) is 17.6 Å². The first-order valence-corrected chi connectivity index (χ1v) is 7.20. The number of benzene rings is 1. The van der Waals surface area contributed by atoms with Crippen LogP contribution in [0.1, 0.15) is 0 Å². The van der Waals surface area contributed by atoms with Gasteiger partial charge in [0.2, 0.25) is 10.0 Å². The molecule has 0 aliphatic rings. The minimum absolute atomic E-state index is 0.0868. The summed E-state index contributed by atoms with van der Waals surface area (Å²) < 4.78 is 39.5. The van der Waals surface area contributed by atoms with Crippen LogP contribution in [0.4, 0.5) is 4.39 Å². The highest BCUT2D eigenvalue weighted by Gasteiger charge is 2.17. The quantitative estimate of drug-likeness (QED) is 0.891. The summed E-state index contributed by atoms with van der Waals surface area (Å²) in [5, 5.41) is 0. The van der Waals surface area contributed by atoms with Gasteiger partial charge in [-0.25, -0.2) is 17.5 Å². The van der Waals surface area contributed by atoms with Gasteiger partial charge in [0.25, 0.3) is 0 Å². The Kier molecular flexibility index (Phi) is 5.05. The maximum absolute atomic E-state index is 13.0. The van der Waals surface area contributed by atoms with E-state index in [0.717, 1.165) is 6.07 Å². The lowest BCUT2D eigenvalue weighted by atomic mass is 10.3. The maximum Gasteiger partial charge on any atom is 0.241 e. The lowest BCUT2D eigenvalue weighted by Gasteiger charge is -2.11. The van der Waals surface area contributed by atoms with E-state index >= 15 is 0 Å². The van der Waals surface area contributed by atoms with Crippen LogP contribution in [0.15, 0.2) is 27.6 Å². The summed E-state index contributed by atoms with van der Waals surface area (Å²) in [6, 6.07) is 3.56. The van der Waals surface area contributed by atoms with Gasteiger partial charge in [0.15, 0.2) is 0 Å². The molecule has 0 atom stereocenters. The van der Waals surface area contributed by atoms with Crippen molar-refractivity contribution >= 4 is 26.0 Å². The van der Waals surface area contributed by atoms with Crippen LogP contribution in [0.25, 0.3) is 0 Å². The number of hydrogen-bond acceptors (Lipinski definition) is 3. The molecule has 0 aliphatic heterocycles. The Morgan fingerprint density at radius 2 is 2.06 bits per heavy atom. The van der Waals surface area contributed by atoms with Gasteiger partial charge in [-0.05, 0) is 48.2 Å². The van der Waals surface area contributed by atoms with Crippen molar-refractivity contribution < 1.29 is 12.8 Å². The molecule has 7 heteroatoms. The van der Waals surface area contributed by atoms with Crippen molar-refractivity contribution in [1.29, 1.82) is 0 Å². The molecule has 1 N–H and O–H groups in total. The number of nitrogens with one attached hydrogen (secondary N) is 1. The highest BCUT2D eigenvalue weighted by Crippen LogP contribution is 2.22. The monoisotopic (exact) mass is 324 g/mol. The molecule has 4 nitrogen and oxygen atoms in total. The summed E-state index contributed by atoms with van der Waals surface area (Å²) in [6.07, 6.45) is 0. The van der Waals surface area contributed by atoms with E-state index in [1.165, 1.54) is 12.1 Å². The number of hydrogen-bond donors (Lipinski definition) is 1. The van der Waals surface area contributed by atoms with Crippen LogP contribution in [-0.2, 0) is 10.0 Å². The molecule has 1 aromatic rings. The second kappa shape index (κ2) is 5.90. The first-order valence-electron chi connectivity index (χ1n) is 4.92. The minimum Gasteiger partial charge on any atom is -0.308 e. The van der Waals surface area contributed by atoms with Crippen molar-refractivity contribution in [3.63, 3.8) is 0 Å². The van der Waals surface area contributed by atoms with Gasteiger partial charge in [-0.3, -0.25) is 0 Å². The first kappa shape index (κ1) is 14.6. The molecular formula is C10H14BrFN2O2S. The normalized spacial score (nSPS) is 12.1. The van der Waals surface area contributed by atoms with Crippen molar-refractivity contribution in [1.82, 2.24) is 9.62 Å². The van der Waals surface area contributed by atoms with Crippen LogP contribution < -0.4 is 4.72 Å². The molecule has 0 fully saturated rings. The number of likely N-dealkylation sites (N-methyl/N-ethyl adjacent to an activating group) is 1. The lowest BCUT2D eigenvalue weighted by molar-refractivity contribution is 0.412. The smallest absolute Gasteiger partial charge is 0.241 e. The summed E-state index contributed by atoms with van der Waals surface area (Å²) in [5.74, 6) is -0.582. The van der Waals surface area contributed by atoms with Gasteiger partial charge in [-0.1, -0.05) is 0 Å². The molecule has 0 radical (unpaired) electrons. The minimum atomic E-state index is -3.67. The van der Waals surface area contributed by atoms with Crippen molar-refractivity contribution in [3.05, 3.63) is 28.5 Å². The van der Waals surface area contributed by atoms with Crippen LogP contribution in [0.3, 0.4) is 0 Å². The van der Waals surface area contributed by atoms with Crippen molar-refractivity contribution in [3.8, 4) is 0 Å². The predicted molar refractivity (Wildman–Crippen MR) is 67.8 cm³/mol. The third-order valence-corrected chi connectivity index (χ3v) is 4.49. The number of sulfonamides is 1. The van der Waals surface area contributed by atoms with Gasteiger partial charge in [0.05, 0.1) is 4.90 Å².